The van der Waals surface area contributed by atoms with Gasteiger partial charge < -0.3 is 4.52 Å². The van der Waals surface area contributed by atoms with Crippen LogP contribution < -0.4 is 0 Å². The first-order valence-electron chi connectivity index (χ1n) is 10.7. The van der Waals surface area contributed by atoms with Crippen LogP contribution in [-0.2, 0) is 19.5 Å². The average Bonchev–Trinajstić information content (AvgIpc) is 3.46. The lowest BCUT2D eigenvalue weighted by Gasteiger charge is -2.27. The Kier molecular flexibility index (Phi) is 5.44. The van der Waals surface area contributed by atoms with Gasteiger partial charge in [-0.1, -0.05) is 65.8 Å². The summed E-state index contributed by atoms with van der Waals surface area (Å²) in [5, 5.41) is 8.89. The molecule has 0 spiro atoms. The number of benzene rings is 2. The predicted octanol–water partition coefficient (Wildman–Crippen LogP) is 4.50. The first-order chi connectivity index (χ1) is 14.9. The van der Waals surface area contributed by atoms with E-state index in [-0.39, 0.29) is 5.92 Å². The van der Waals surface area contributed by atoms with Crippen LogP contribution in [0.5, 0.6) is 0 Å². The molecule has 4 aromatic rings. The molecule has 0 fully saturated rings. The van der Waals surface area contributed by atoms with Crippen LogP contribution in [0.3, 0.4) is 0 Å². The second-order valence-electron chi connectivity index (χ2n) is 7.87. The lowest BCUT2D eigenvalue weighted by Crippen LogP contribution is -2.32. The highest BCUT2D eigenvalue weighted by Gasteiger charge is 2.29. The minimum atomic E-state index is 0.0870. The highest BCUT2D eigenvalue weighted by atomic mass is 16.5. The van der Waals surface area contributed by atoms with Crippen LogP contribution >= 0.6 is 0 Å². The summed E-state index contributed by atoms with van der Waals surface area (Å²) in [5.41, 5.74) is 4.81. The molecule has 0 N–H and O–H groups in total. The number of hydrogen-bond acceptors (Lipinski definition) is 4. The van der Waals surface area contributed by atoms with Crippen LogP contribution in [0.2, 0.25) is 0 Å². The Labute approximate surface area is 176 Å². The molecular formula is C25H26N4O. The van der Waals surface area contributed by atoms with Crippen molar-refractivity contribution in [1.29, 1.82) is 0 Å². The molecule has 0 saturated heterocycles. The van der Waals surface area contributed by atoms with E-state index in [9.17, 15) is 0 Å². The molecule has 0 radical (unpaired) electrons. The Morgan fingerprint density at radius 3 is 2.30 bits per heavy atom. The van der Waals surface area contributed by atoms with E-state index in [0.29, 0.717) is 0 Å². The molecule has 0 atom stereocenters. The third-order valence-electron chi connectivity index (χ3n) is 5.90. The molecule has 0 aliphatic carbocycles. The maximum Gasteiger partial charge on any atom is 0.142 e. The molecular weight excluding hydrogens is 372 g/mol. The highest BCUT2D eigenvalue weighted by molar-refractivity contribution is 5.44. The fourth-order valence-electron chi connectivity index (χ4n) is 4.39. The van der Waals surface area contributed by atoms with Crippen molar-refractivity contribution < 1.29 is 4.52 Å². The Balaban J connectivity index is 1.39. The van der Waals surface area contributed by atoms with Gasteiger partial charge in [0.2, 0.25) is 0 Å². The lowest BCUT2D eigenvalue weighted by atomic mass is 9.85. The Hall–Kier alpha value is -3.18. The van der Waals surface area contributed by atoms with Crippen molar-refractivity contribution in [2.24, 2.45) is 0 Å². The van der Waals surface area contributed by atoms with Gasteiger partial charge in [0.1, 0.15) is 11.5 Å². The van der Waals surface area contributed by atoms with Gasteiger partial charge >= 0.3 is 0 Å². The lowest BCUT2D eigenvalue weighted by molar-refractivity contribution is 0.229. The first-order valence-corrected chi connectivity index (χ1v) is 10.7. The van der Waals surface area contributed by atoms with E-state index in [0.717, 1.165) is 50.5 Å². The van der Waals surface area contributed by atoms with Crippen molar-refractivity contribution in [2.45, 2.75) is 31.8 Å². The fourth-order valence-corrected chi connectivity index (χ4v) is 4.39. The molecule has 3 heterocycles. The molecule has 5 nitrogen and oxygen atoms in total. The summed E-state index contributed by atoms with van der Waals surface area (Å²) in [6.07, 6.45) is 5.86. The molecule has 1 aliphatic rings. The molecule has 0 amide bonds. The van der Waals surface area contributed by atoms with Crippen LogP contribution in [0.1, 0.15) is 40.5 Å². The second kappa shape index (κ2) is 8.67. The topological polar surface area (TPSA) is 47.1 Å². The molecule has 0 unspecified atom stereocenters. The van der Waals surface area contributed by atoms with Crippen LogP contribution in [-0.4, -0.2) is 32.9 Å². The van der Waals surface area contributed by atoms with Gasteiger partial charge in [-0.2, -0.15) is 5.10 Å². The fraction of sp³-hybridized carbons (Fsp3) is 0.280. The summed E-state index contributed by atoms with van der Waals surface area (Å²) in [7, 11) is 0. The average molecular weight is 399 g/mol. The molecule has 152 valence electrons. The van der Waals surface area contributed by atoms with Crippen molar-refractivity contribution in [1.82, 2.24) is 19.8 Å². The number of rotatable bonds is 7. The summed E-state index contributed by atoms with van der Waals surface area (Å²) in [6.45, 7) is 3.90. The third-order valence-corrected chi connectivity index (χ3v) is 5.90. The molecule has 5 rings (SSSR count). The van der Waals surface area contributed by atoms with Crippen molar-refractivity contribution in [3.63, 3.8) is 0 Å². The molecule has 0 bridgehead atoms. The molecule has 2 aromatic heterocycles. The van der Waals surface area contributed by atoms with Gasteiger partial charge in [-0.15, -0.1) is 0 Å². The monoisotopic (exact) mass is 398 g/mol. The van der Waals surface area contributed by atoms with E-state index in [1.807, 2.05) is 23.1 Å². The summed E-state index contributed by atoms with van der Waals surface area (Å²) in [5.74, 6) is 1.13. The minimum absolute atomic E-state index is 0.0870. The van der Waals surface area contributed by atoms with E-state index in [1.54, 1.807) is 0 Å². The van der Waals surface area contributed by atoms with Crippen LogP contribution in [0.25, 0.3) is 0 Å². The van der Waals surface area contributed by atoms with Gasteiger partial charge in [-0.05, 0) is 23.6 Å². The number of aryl methyl sites for hydroxylation is 1. The van der Waals surface area contributed by atoms with E-state index in [4.69, 9.17) is 4.52 Å². The zero-order chi connectivity index (χ0) is 20.2. The summed E-state index contributed by atoms with van der Waals surface area (Å²) >= 11 is 0. The summed E-state index contributed by atoms with van der Waals surface area (Å²) in [4.78, 5) is 2.51. The summed E-state index contributed by atoms with van der Waals surface area (Å²) < 4.78 is 7.83. The van der Waals surface area contributed by atoms with Crippen molar-refractivity contribution in [3.05, 3.63) is 107 Å². The predicted molar refractivity (Wildman–Crippen MR) is 116 cm³/mol. The molecule has 5 heteroatoms. The molecule has 30 heavy (non-hydrogen) atoms. The zero-order valence-corrected chi connectivity index (χ0v) is 17.0. The molecule has 0 saturated carbocycles. The number of nitrogens with zero attached hydrogens (tertiary/aromatic N) is 4. The van der Waals surface area contributed by atoms with Gasteiger partial charge in [0, 0.05) is 50.6 Å². The quantitative estimate of drug-likeness (QED) is 0.460. The zero-order valence-electron chi connectivity index (χ0n) is 17.0. The standard InChI is InChI=1S/C25H26N4O/c1-3-9-20(10-4-1)24(21-11-5-2-6-12-21)25-22-19-28(18-13-23(22)30-27-25)15-8-17-29-16-7-14-26-29/h1-7,9-12,14,16,24H,8,13,15,17-19H2. The van der Waals surface area contributed by atoms with Crippen LogP contribution in [0.15, 0.2) is 83.6 Å². The van der Waals surface area contributed by atoms with Gasteiger partial charge in [0.05, 0.1) is 5.92 Å². The van der Waals surface area contributed by atoms with Crippen molar-refractivity contribution in [2.75, 3.05) is 13.1 Å². The Morgan fingerprint density at radius 1 is 0.900 bits per heavy atom. The largest absolute Gasteiger partial charge is 0.361 e. The Morgan fingerprint density at radius 2 is 1.63 bits per heavy atom. The van der Waals surface area contributed by atoms with Gasteiger partial charge in [-0.3, -0.25) is 9.58 Å². The maximum absolute atomic E-state index is 5.83. The van der Waals surface area contributed by atoms with Gasteiger partial charge in [-0.25, -0.2) is 0 Å². The SMILES string of the molecule is c1ccc(C(c2ccccc2)c2noc3c2CN(CCCn2cccn2)CC3)cc1. The number of aromatic nitrogens is 3. The highest BCUT2D eigenvalue weighted by Crippen LogP contribution is 2.36. The third kappa shape index (κ3) is 3.94. The van der Waals surface area contributed by atoms with E-state index < -0.39 is 0 Å². The van der Waals surface area contributed by atoms with Gasteiger partial charge in [0.15, 0.2) is 0 Å². The van der Waals surface area contributed by atoms with Crippen LogP contribution in [0.4, 0.5) is 0 Å². The number of hydrogen-bond donors (Lipinski definition) is 0. The smallest absolute Gasteiger partial charge is 0.142 e. The Bertz CT molecular complexity index is 1020. The van der Waals surface area contributed by atoms with Crippen molar-refractivity contribution >= 4 is 0 Å². The first kappa shape index (κ1) is 18.8. The van der Waals surface area contributed by atoms with Crippen LogP contribution in [0, 0.1) is 0 Å². The van der Waals surface area contributed by atoms with E-state index in [1.165, 1.54) is 16.7 Å². The maximum atomic E-state index is 5.83. The molecule has 1 aliphatic heterocycles. The second-order valence-corrected chi connectivity index (χ2v) is 7.87. The van der Waals surface area contributed by atoms with E-state index >= 15 is 0 Å². The number of fused-ring (bicyclic) bond motifs is 1. The summed E-state index contributed by atoms with van der Waals surface area (Å²) in [6, 6.07) is 23.2. The molecule has 2 aromatic carbocycles. The minimum Gasteiger partial charge on any atom is -0.361 e. The van der Waals surface area contributed by atoms with E-state index in [2.05, 4.69) is 75.8 Å². The van der Waals surface area contributed by atoms with Gasteiger partial charge in [0.25, 0.3) is 0 Å². The van der Waals surface area contributed by atoms with Crippen molar-refractivity contribution in [3.8, 4) is 0 Å². The normalized spacial score (nSPS) is 14.2.